The molecule has 1 unspecified atom stereocenters. The van der Waals surface area contributed by atoms with Crippen LogP contribution in [0.3, 0.4) is 0 Å². The fourth-order valence-corrected chi connectivity index (χ4v) is 1.88. The molecule has 0 aromatic heterocycles. The van der Waals surface area contributed by atoms with Crippen molar-refractivity contribution in [3.8, 4) is 0 Å². The van der Waals surface area contributed by atoms with E-state index in [2.05, 4.69) is 9.64 Å². The Kier molecular flexibility index (Phi) is 5.49. The number of ether oxygens (including phenoxy) is 2. The molecule has 0 aromatic rings. The summed E-state index contributed by atoms with van der Waals surface area (Å²) in [5.41, 5.74) is 0.669. The molecule has 1 rings (SSSR count). The molecule has 4 heteroatoms. The zero-order valence-corrected chi connectivity index (χ0v) is 10.4. The number of nitrogens with zero attached hydrogens (tertiary/aromatic N) is 1. The molecule has 0 aliphatic carbocycles. The van der Waals surface area contributed by atoms with E-state index in [-0.39, 0.29) is 5.97 Å². The topological polar surface area (TPSA) is 38.8 Å². The predicted molar refractivity (Wildman–Crippen MR) is 62.2 cm³/mol. The van der Waals surface area contributed by atoms with Crippen LogP contribution in [-0.2, 0) is 14.3 Å². The molecular weight excluding hydrogens is 206 g/mol. The van der Waals surface area contributed by atoms with E-state index in [4.69, 9.17) is 4.74 Å². The van der Waals surface area contributed by atoms with Crippen molar-refractivity contribution >= 4 is 5.97 Å². The van der Waals surface area contributed by atoms with Gasteiger partial charge >= 0.3 is 5.97 Å². The minimum Gasteiger partial charge on any atom is -0.466 e. The molecule has 1 saturated heterocycles. The summed E-state index contributed by atoms with van der Waals surface area (Å²) in [6.45, 7) is 4.59. The second kappa shape index (κ2) is 6.66. The molecule has 0 N–H and O–H groups in total. The van der Waals surface area contributed by atoms with Gasteiger partial charge in [0.1, 0.15) is 0 Å². The van der Waals surface area contributed by atoms with Crippen LogP contribution in [0.5, 0.6) is 0 Å². The standard InChI is InChI=1S/C12H21NO3/c1-10(12(14)16-3)6-8-13-7-4-5-11(9-13)15-2/h6,11H,4-5,7-9H2,1-3H3. The molecule has 1 aliphatic rings. The number of carbonyl (C=O) groups excluding carboxylic acids is 1. The van der Waals surface area contributed by atoms with E-state index >= 15 is 0 Å². The minimum atomic E-state index is -0.250. The Morgan fingerprint density at radius 1 is 1.50 bits per heavy atom. The van der Waals surface area contributed by atoms with Crippen LogP contribution in [0.25, 0.3) is 0 Å². The van der Waals surface area contributed by atoms with Crippen molar-refractivity contribution in [2.24, 2.45) is 0 Å². The van der Waals surface area contributed by atoms with Gasteiger partial charge in [0.2, 0.25) is 0 Å². The lowest BCUT2D eigenvalue weighted by molar-refractivity contribution is -0.136. The molecule has 1 aliphatic heterocycles. The van der Waals surface area contributed by atoms with E-state index in [1.165, 1.54) is 7.11 Å². The summed E-state index contributed by atoms with van der Waals surface area (Å²) >= 11 is 0. The third-order valence-electron chi connectivity index (χ3n) is 2.96. The van der Waals surface area contributed by atoms with E-state index in [9.17, 15) is 4.79 Å². The Hall–Kier alpha value is -0.870. The van der Waals surface area contributed by atoms with E-state index in [1.54, 1.807) is 14.0 Å². The summed E-state index contributed by atoms with van der Waals surface area (Å²) in [6, 6.07) is 0. The summed E-state index contributed by atoms with van der Waals surface area (Å²) in [4.78, 5) is 13.5. The summed E-state index contributed by atoms with van der Waals surface area (Å²) in [7, 11) is 3.16. The van der Waals surface area contributed by atoms with Crippen molar-refractivity contribution < 1.29 is 14.3 Å². The Labute approximate surface area is 97.2 Å². The molecule has 16 heavy (non-hydrogen) atoms. The van der Waals surface area contributed by atoms with Crippen molar-refractivity contribution in [2.45, 2.75) is 25.9 Å². The van der Waals surface area contributed by atoms with Crippen molar-refractivity contribution in [3.05, 3.63) is 11.6 Å². The Morgan fingerprint density at radius 2 is 2.25 bits per heavy atom. The average Bonchev–Trinajstić information content (AvgIpc) is 2.35. The van der Waals surface area contributed by atoms with Gasteiger partial charge in [-0.05, 0) is 26.3 Å². The van der Waals surface area contributed by atoms with E-state index in [0.717, 1.165) is 32.5 Å². The second-order valence-corrected chi connectivity index (χ2v) is 4.14. The maximum Gasteiger partial charge on any atom is 0.333 e. The number of piperidine rings is 1. The van der Waals surface area contributed by atoms with Gasteiger partial charge in [-0.15, -0.1) is 0 Å². The lowest BCUT2D eigenvalue weighted by Crippen LogP contribution is -2.39. The number of esters is 1. The van der Waals surface area contributed by atoms with Crippen LogP contribution in [0.4, 0.5) is 0 Å². The zero-order chi connectivity index (χ0) is 12.0. The van der Waals surface area contributed by atoms with Crippen molar-refractivity contribution in [1.82, 2.24) is 4.90 Å². The molecule has 0 radical (unpaired) electrons. The van der Waals surface area contributed by atoms with Gasteiger partial charge < -0.3 is 9.47 Å². The molecule has 0 amide bonds. The number of hydrogen-bond donors (Lipinski definition) is 0. The second-order valence-electron chi connectivity index (χ2n) is 4.14. The van der Waals surface area contributed by atoms with E-state index < -0.39 is 0 Å². The maximum absolute atomic E-state index is 11.2. The third-order valence-corrected chi connectivity index (χ3v) is 2.96. The Morgan fingerprint density at radius 3 is 2.88 bits per heavy atom. The first kappa shape index (κ1) is 13.2. The van der Waals surface area contributed by atoms with E-state index in [1.807, 2.05) is 6.08 Å². The summed E-state index contributed by atoms with van der Waals surface area (Å²) < 4.78 is 9.99. The highest BCUT2D eigenvalue weighted by Crippen LogP contribution is 2.12. The molecule has 0 aromatic carbocycles. The quantitative estimate of drug-likeness (QED) is 0.534. The number of methoxy groups -OCH3 is 2. The van der Waals surface area contributed by atoms with Crippen molar-refractivity contribution in [2.75, 3.05) is 33.9 Å². The highest BCUT2D eigenvalue weighted by Gasteiger charge is 2.18. The monoisotopic (exact) mass is 227 g/mol. The van der Waals surface area contributed by atoms with Crippen LogP contribution in [-0.4, -0.2) is 50.8 Å². The van der Waals surface area contributed by atoms with Gasteiger partial charge in [0.15, 0.2) is 0 Å². The summed E-state index contributed by atoms with van der Waals surface area (Å²) in [5.74, 6) is -0.250. The smallest absolute Gasteiger partial charge is 0.333 e. The van der Waals surface area contributed by atoms with Crippen molar-refractivity contribution in [3.63, 3.8) is 0 Å². The third kappa shape index (κ3) is 3.94. The fourth-order valence-electron chi connectivity index (χ4n) is 1.88. The van der Waals surface area contributed by atoms with E-state index in [0.29, 0.717) is 11.7 Å². The Balaban J connectivity index is 2.39. The lowest BCUT2D eigenvalue weighted by atomic mass is 10.1. The largest absolute Gasteiger partial charge is 0.466 e. The Bertz CT molecular complexity index is 263. The molecule has 1 atom stereocenters. The molecule has 0 saturated carbocycles. The SMILES string of the molecule is COC(=O)C(C)=CCN1CCCC(OC)C1. The number of likely N-dealkylation sites (tertiary alicyclic amines) is 1. The van der Waals surface area contributed by atoms with Crippen LogP contribution < -0.4 is 0 Å². The van der Waals surface area contributed by atoms with Gasteiger partial charge in [0.25, 0.3) is 0 Å². The highest BCUT2D eigenvalue weighted by molar-refractivity contribution is 5.87. The van der Waals surface area contributed by atoms with Gasteiger partial charge in [0, 0.05) is 25.8 Å². The number of rotatable bonds is 4. The first-order chi connectivity index (χ1) is 7.67. The maximum atomic E-state index is 11.2. The van der Waals surface area contributed by atoms with Crippen LogP contribution in [0.2, 0.25) is 0 Å². The fraction of sp³-hybridized carbons (Fsp3) is 0.750. The molecule has 0 spiro atoms. The lowest BCUT2D eigenvalue weighted by Gasteiger charge is -2.31. The van der Waals surface area contributed by atoms with Gasteiger partial charge in [0.05, 0.1) is 13.2 Å². The van der Waals surface area contributed by atoms with Crippen LogP contribution in [0.1, 0.15) is 19.8 Å². The molecule has 1 fully saturated rings. The normalized spacial score (nSPS) is 23.2. The highest BCUT2D eigenvalue weighted by atomic mass is 16.5. The molecule has 4 nitrogen and oxygen atoms in total. The van der Waals surface area contributed by atoms with Crippen LogP contribution in [0.15, 0.2) is 11.6 Å². The number of carbonyl (C=O) groups is 1. The first-order valence-corrected chi connectivity index (χ1v) is 5.67. The van der Waals surface area contributed by atoms with Crippen molar-refractivity contribution in [1.29, 1.82) is 0 Å². The predicted octanol–water partition coefficient (Wildman–Crippen LogP) is 1.22. The molecule has 92 valence electrons. The van der Waals surface area contributed by atoms with Gasteiger partial charge in [-0.1, -0.05) is 6.08 Å². The van der Waals surface area contributed by atoms with Gasteiger partial charge in [-0.25, -0.2) is 4.79 Å². The van der Waals surface area contributed by atoms with Gasteiger partial charge in [-0.2, -0.15) is 0 Å². The summed E-state index contributed by atoms with van der Waals surface area (Å²) in [5, 5.41) is 0. The summed E-state index contributed by atoms with van der Waals surface area (Å²) in [6.07, 6.45) is 4.54. The van der Waals surface area contributed by atoms with Crippen LogP contribution >= 0.6 is 0 Å². The zero-order valence-electron chi connectivity index (χ0n) is 10.4. The molecule has 1 heterocycles. The first-order valence-electron chi connectivity index (χ1n) is 5.67. The average molecular weight is 227 g/mol. The molecular formula is C12H21NO3. The minimum absolute atomic E-state index is 0.250. The van der Waals surface area contributed by atoms with Crippen LogP contribution in [0, 0.1) is 0 Å². The van der Waals surface area contributed by atoms with Gasteiger partial charge in [-0.3, -0.25) is 4.90 Å². The molecule has 0 bridgehead atoms. The number of hydrogen-bond acceptors (Lipinski definition) is 4.